The standard InChI is InChI=1S/C21H25N3O.2ClH/c1-16-4-2-7-19(23-16)17-5-3-6-18(14-17)20(25)24-13-10-21(15-24)8-11-22-12-9-21;;/h2-7,14,22H,8-13,15H2,1H3;2*1H. The van der Waals surface area contributed by atoms with Crippen LogP contribution >= 0.6 is 24.8 Å². The maximum atomic E-state index is 13.0. The van der Waals surface area contributed by atoms with Gasteiger partial charge in [0.1, 0.15) is 0 Å². The molecule has 3 heterocycles. The van der Waals surface area contributed by atoms with E-state index in [4.69, 9.17) is 0 Å². The smallest absolute Gasteiger partial charge is 0.253 e. The summed E-state index contributed by atoms with van der Waals surface area (Å²) < 4.78 is 0. The summed E-state index contributed by atoms with van der Waals surface area (Å²) in [6.07, 6.45) is 3.51. The third-order valence-corrected chi connectivity index (χ3v) is 5.68. The Morgan fingerprint density at radius 3 is 2.56 bits per heavy atom. The first-order valence-electron chi connectivity index (χ1n) is 9.19. The molecule has 2 aliphatic rings. The van der Waals surface area contributed by atoms with Crippen LogP contribution in [0.15, 0.2) is 42.5 Å². The Balaban J connectivity index is 0.00000131. The van der Waals surface area contributed by atoms with E-state index >= 15 is 0 Å². The summed E-state index contributed by atoms with van der Waals surface area (Å²) in [4.78, 5) is 19.6. The molecule has 2 saturated heterocycles. The van der Waals surface area contributed by atoms with Gasteiger partial charge in [0.05, 0.1) is 5.69 Å². The number of piperidine rings is 1. The molecule has 4 nitrogen and oxygen atoms in total. The molecule has 0 aliphatic carbocycles. The number of carbonyl (C=O) groups is 1. The third-order valence-electron chi connectivity index (χ3n) is 5.68. The molecule has 6 heteroatoms. The molecule has 1 aromatic heterocycles. The average molecular weight is 408 g/mol. The molecule has 27 heavy (non-hydrogen) atoms. The second kappa shape index (κ2) is 9.05. The largest absolute Gasteiger partial charge is 0.338 e. The Kier molecular flexibility index (Phi) is 7.26. The minimum absolute atomic E-state index is 0. The Morgan fingerprint density at radius 1 is 1.07 bits per heavy atom. The molecule has 2 aliphatic heterocycles. The third kappa shape index (κ3) is 4.63. The van der Waals surface area contributed by atoms with Gasteiger partial charge >= 0.3 is 0 Å². The summed E-state index contributed by atoms with van der Waals surface area (Å²) in [6.45, 7) is 5.93. The maximum Gasteiger partial charge on any atom is 0.253 e. The van der Waals surface area contributed by atoms with E-state index in [0.29, 0.717) is 5.41 Å². The molecule has 146 valence electrons. The number of benzene rings is 1. The van der Waals surface area contributed by atoms with Crippen LogP contribution in [0.2, 0.25) is 0 Å². The fraction of sp³-hybridized carbons (Fsp3) is 0.429. The highest BCUT2D eigenvalue weighted by atomic mass is 35.5. The van der Waals surface area contributed by atoms with Crippen LogP contribution in [-0.4, -0.2) is 42.0 Å². The van der Waals surface area contributed by atoms with Crippen LogP contribution in [0.1, 0.15) is 35.3 Å². The molecular weight excluding hydrogens is 381 g/mol. The van der Waals surface area contributed by atoms with Crippen molar-refractivity contribution in [2.45, 2.75) is 26.2 Å². The Morgan fingerprint density at radius 2 is 1.81 bits per heavy atom. The van der Waals surface area contributed by atoms with Crippen LogP contribution in [0, 0.1) is 12.3 Å². The topological polar surface area (TPSA) is 45.2 Å². The number of hydrogen-bond acceptors (Lipinski definition) is 3. The van der Waals surface area contributed by atoms with Gasteiger partial charge < -0.3 is 10.2 Å². The average Bonchev–Trinajstić information content (AvgIpc) is 3.05. The Labute approximate surface area is 173 Å². The van der Waals surface area contributed by atoms with Gasteiger partial charge in [-0.3, -0.25) is 9.78 Å². The van der Waals surface area contributed by atoms with Crippen LogP contribution in [0.3, 0.4) is 0 Å². The van der Waals surface area contributed by atoms with E-state index in [1.165, 1.54) is 12.8 Å². The van der Waals surface area contributed by atoms with Crippen LogP contribution in [-0.2, 0) is 0 Å². The number of halogens is 2. The van der Waals surface area contributed by atoms with Crippen LogP contribution in [0.25, 0.3) is 11.3 Å². The number of hydrogen-bond donors (Lipinski definition) is 1. The SMILES string of the molecule is Cc1cccc(-c2cccc(C(=O)N3CCC4(CCNCC4)C3)c2)n1.Cl.Cl. The lowest BCUT2D eigenvalue weighted by Gasteiger charge is -2.33. The normalized spacial score (nSPS) is 17.9. The van der Waals surface area contributed by atoms with Crippen LogP contribution < -0.4 is 5.32 Å². The van der Waals surface area contributed by atoms with Crippen LogP contribution in [0.5, 0.6) is 0 Å². The summed E-state index contributed by atoms with van der Waals surface area (Å²) >= 11 is 0. The van der Waals surface area contributed by atoms with E-state index < -0.39 is 0 Å². The summed E-state index contributed by atoms with van der Waals surface area (Å²) in [6, 6.07) is 13.9. The maximum absolute atomic E-state index is 13.0. The predicted molar refractivity (Wildman–Crippen MR) is 114 cm³/mol. The number of aromatic nitrogens is 1. The first-order chi connectivity index (χ1) is 12.2. The molecule has 0 unspecified atom stereocenters. The first-order valence-corrected chi connectivity index (χ1v) is 9.19. The number of likely N-dealkylation sites (tertiary alicyclic amines) is 1. The second-order valence-corrected chi connectivity index (χ2v) is 7.47. The zero-order chi connectivity index (χ0) is 17.3. The summed E-state index contributed by atoms with van der Waals surface area (Å²) in [5.41, 5.74) is 4.03. The Bertz CT molecular complexity index is 791. The molecule has 1 spiro atoms. The highest BCUT2D eigenvalue weighted by Crippen LogP contribution is 2.39. The second-order valence-electron chi connectivity index (χ2n) is 7.47. The van der Waals surface area contributed by atoms with Gasteiger partial charge in [-0.15, -0.1) is 24.8 Å². The first kappa shape index (κ1) is 21.7. The van der Waals surface area contributed by atoms with Crippen molar-refractivity contribution in [2.75, 3.05) is 26.2 Å². The minimum atomic E-state index is 0. The van der Waals surface area contributed by atoms with E-state index in [1.807, 2.05) is 54.3 Å². The number of pyridine rings is 1. The number of aryl methyl sites for hydroxylation is 1. The Hall–Kier alpha value is -1.62. The van der Waals surface area contributed by atoms with Crippen molar-refractivity contribution >= 4 is 30.7 Å². The molecular formula is C21H27Cl2N3O. The molecule has 1 aromatic carbocycles. The van der Waals surface area contributed by atoms with Crippen molar-refractivity contribution in [3.63, 3.8) is 0 Å². The van der Waals surface area contributed by atoms with Gasteiger partial charge in [0.25, 0.3) is 5.91 Å². The number of nitrogens with zero attached hydrogens (tertiary/aromatic N) is 2. The molecule has 0 atom stereocenters. The number of rotatable bonds is 2. The molecule has 1 N–H and O–H groups in total. The van der Waals surface area contributed by atoms with Crippen molar-refractivity contribution in [1.29, 1.82) is 0 Å². The van der Waals surface area contributed by atoms with Gasteiger partial charge in [-0.2, -0.15) is 0 Å². The number of nitrogens with one attached hydrogen (secondary N) is 1. The molecule has 0 bridgehead atoms. The molecule has 2 aromatic rings. The fourth-order valence-corrected chi connectivity index (χ4v) is 4.17. The molecule has 4 rings (SSSR count). The van der Waals surface area contributed by atoms with E-state index in [9.17, 15) is 4.79 Å². The highest BCUT2D eigenvalue weighted by molar-refractivity contribution is 5.95. The number of carbonyl (C=O) groups excluding carboxylic acids is 1. The predicted octanol–water partition coefficient (Wildman–Crippen LogP) is 4.12. The number of amides is 1. The van der Waals surface area contributed by atoms with E-state index in [2.05, 4.69) is 10.3 Å². The molecule has 0 saturated carbocycles. The van der Waals surface area contributed by atoms with E-state index in [1.54, 1.807) is 0 Å². The van der Waals surface area contributed by atoms with Gasteiger partial charge in [0.2, 0.25) is 0 Å². The summed E-state index contributed by atoms with van der Waals surface area (Å²) in [5.74, 6) is 0.157. The lowest BCUT2D eigenvalue weighted by molar-refractivity contribution is 0.0762. The van der Waals surface area contributed by atoms with Crippen molar-refractivity contribution in [1.82, 2.24) is 15.2 Å². The zero-order valence-electron chi connectivity index (χ0n) is 15.6. The zero-order valence-corrected chi connectivity index (χ0v) is 17.2. The molecule has 2 fully saturated rings. The quantitative estimate of drug-likeness (QED) is 0.813. The van der Waals surface area contributed by atoms with Crippen molar-refractivity contribution in [3.8, 4) is 11.3 Å². The monoisotopic (exact) mass is 407 g/mol. The summed E-state index contributed by atoms with van der Waals surface area (Å²) in [7, 11) is 0. The van der Waals surface area contributed by atoms with E-state index in [0.717, 1.165) is 55.1 Å². The van der Waals surface area contributed by atoms with Gasteiger partial charge in [-0.1, -0.05) is 18.2 Å². The van der Waals surface area contributed by atoms with Crippen molar-refractivity contribution in [2.24, 2.45) is 5.41 Å². The lowest BCUT2D eigenvalue weighted by Crippen LogP contribution is -2.39. The highest BCUT2D eigenvalue weighted by Gasteiger charge is 2.40. The van der Waals surface area contributed by atoms with E-state index in [-0.39, 0.29) is 30.7 Å². The minimum Gasteiger partial charge on any atom is -0.338 e. The van der Waals surface area contributed by atoms with Gasteiger partial charge in [-0.25, -0.2) is 0 Å². The lowest BCUT2D eigenvalue weighted by atomic mass is 9.78. The molecule has 1 amide bonds. The van der Waals surface area contributed by atoms with Crippen molar-refractivity contribution < 1.29 is 4.79 Å². The van der Waals surface area contributed by atoms with Gasteiger partial charge in [0.15, 0.2) is 0 Å². The van der Waals surface area contributed by atoms with Gasteiger partial charge in [0, 0.05) is 29.9 Å². The fourth-order valence-electron chi connectivity index (χ4n) is 4.17. The summed E-state index contributed by atoms with van der Waals surface area (Å²) in [5, 5.41) is 3.43. The molecule has 0 radical (unpaired) electrons. The van der Waals surface area contributed by atoms with Crippen molar-refractivity contribution in [3.05, 3.63) is 53.7 Å². The van der Waals surface area contributed by atoms with Crippen LogP contribution in [0.4, 0.5) is 0 Å². The van der Waals surface area contributed by atoms with Gasteiger partial charge in [-0.05, 0) is 69.0 Å².